The van der Waals surface area contributed by atoms with Gasteiger partial charge in [0.25, 0.3) is 0 Å². The van der Waals surface area contributed by atoms with Crippen LogP contribution >= 0.6 is 0 Å². The predicted molar refractivity (Wildman–Crippen MR) is 26.8 cm³/mol. The molecule has 0 rings (SSSR count). The van der Waals surface area contributed by atoms with Crippen LogP contribution in [-0.2, 0) is 26.0 Å². The largest absolute Gasteiger partial charge is 2.00 e. The van der Waals surface area contributed by atoms with Crippen molar-refractivity contribution in [3.63, 3.8) is 0 Å². The number of carbonyl (C=O) groups excluding carboxylic acids is 1. The standard InChI is InChI=1S/C5H8O2.Ni/c1-4(2)5(6)7-3;/h1H2,2-3H3;/q;+2. The van der Waals surface area contributed by atoms with Crippen molar-refractivity contribution in [3.05, 3.63) is 12.2 Å². The van der Waals surface area contributed by atoms with Gasteiger partial charge in [-0.05, 0) is 6.92 Å². The van der Waals surface area contributed by atoms with Crippen LogP contribution in [0.15, 0.2) is 12.2 Å². The molecule has 0 amide bonds. The zero-order valence-electron chi connectivity index (χ0n) is 4.84. The monoisotopic (exact) mass is 158 g/mol. The quantitative estimate of drug-likeness (QED) is 0.320. The van der Waals surface area contributed by atoms with Crippen LogP contribution < -0.4 is 0 Å². The maximum atomic E-state index is 10.2. The molecule has 0 spiro atoms. The van der Waals surface area contributed by atoms with Gasteiger partial charge < -0.3 is 4.74 Å². The summed E-state index contributed by atoms with van der Waals surface area (Å²) in [6.07, 6.45) is 0. The topological polar surface area (TPSA) is 26.3 Å². The van der Waals surface area contributed by atoms with Crippen molar-refractivity contribution >= 4 is 5.97 Å². The predicted octanol–water partition coefficient (Wildman–Crippen LogP) is 0.733. The normalized spacial score (nSPS) is 6.75. The van der Waals surface area contributed by atoms with E-state index in [-0.39, 0.29) is 22.5 Å². The van der Waals surface area contributed by atoms with E-state index in [4.69, 9.17) is 0 Å². The fourth-order valence-electron chi connectivity index (χ4n) is 0.174. The minimum Gasteiger partial charge on any atom is -0.466 e. The summed E-state index contributed by atoms with van der Waals surface area (Å²) in [7, 11) is 1.33. The molecule has 0 N–H and O–H groups in total. The van der Waals surface area contributed by atoms with Crippen LogP contribution in [0.4, 0.5) is 0 Å². The molecule has 0 aromatic heterocycles. The first kappa shape index (κ1) is 10.6. The van der Waals surface area contributed by atoms with Crippen LogP contribution in [0.25, 0.3) is 0 Å². The molecule has 0 aliphatic carbocycles. The minimum absolute atomic E-state index is 0. The molecule has 0 saturated carbocycles. The zero-order chi connectivity index (χ0) is 5.86. The molecular formula is C5H8NiO2+2. The molecule has 0 aliphatic heterocycles. The second-order valence-electron chi connectivity index (χ2n) is 1.27. The third-order valence-electron chi connectivity index (χ3n) is 0.534. The summed E-state index contributed by atoms with van der Waals surface area (Å²) < 4.78 is 4.27. The fourth-order valence-corrected chi connectivity index (χ4v) is 0.174. The summed E-state index contributed by atoms with van der Waals surface area (Å²) in [5, 5.41) is 0. The Balaban J connectivity index is 0. The van der Waals surface area contributed by atoms with Crippen molar-refractivity contribution in [3.8, 4) is 0 Å². The van der Waals surface area contributed by atoms with E-state index in [1.807, 2.05) is 0 Å². The van der Waals surface area contributed by atoms with Gasteiger partial charge in [0.15, 0.2) is 0 Å². The average Bonchev–Trinajstić information content (AvgIpc) is 1.65. The number of rotatable bonds is 1. The van der Waals surface area contributed by atoms with E-state index in [1.54, 1.807) is 6.92 Å². The molecule has 0 aromatic rings. The molecule has 0 aromatic carbocycles. The van der Waals surface area contributed by atoms with Crippen LogP contribution in [0.3, 0.4) is 0 Å². The van der Waals surface area contributed by atoms with E-state index in [0.717, 1.165) is 0 Å². The Bertz CT molecular complexity index is 98.6. The number of carbonyl (C=O) groups is 1. The van der Waals surface area contributed by atoms with Crippen molar-refractivity contribution in [2.45, 2.75) is 6.92 Å². The molecule has 2 nitrogen and oxygen atoms in total. The number of hydrogen-bond donors (Lipinski definition) is 0. The van der Waals surface area contributed by atoms with Gasteiger partial charge in [-0.2, -0.15) is 0 Å². The van der Waals surface area contributed by atoms with E-state index in [1.165, 1.54) is 7.11 Å². The fraction of sp³-hybridized carbons (Fsp3) is 0.400. The first-order valence-electron chi connectivity index (χ1n) is 1.92. The van der Waals surface area contributed by atoms with Gasteiger partial charge in [0, 0.05) is 5.57 Å². The van der Waals surface area contributed by atoms with Crippen LogP contribution in [0.1, 0.15) is 6.92 Å². The Labute approximate surface area is 58.8 Å². The van der Waals surface area contributed by atoms with Gasteiger partial charge in [-0.1, -0.05) is 6.58 Å². The summed E-state index contributed by atoms with van der Waals surface area (Å²) in [4.78, 5) is 10.2. The van der Waals surface area contributed by atoms with Crippen LogP contribution in [0.2, 0.25) is 0 Å². The summed E-state index contributed by atoms with van der Waals surface area (Å²) in [6.45, 7) is 4.95. The molecule has 0 unspecified atom stereocenters. The van der Waals surface area contributed by atoms with E-state index in [9.17, 15) is 4.79 Å². The molecule has 0 atom stereocenters. The number of esters is 1. The Morgan fingerprint density at radius 2 is 2.00 bits per heavy atom. The third-order valence-corrected chi connectivity index (χ3v) is 0.534. The van der Waals surface area contributed by atoms with Gasteiger partial charge in [0.05, 0.1) is 7.11 Å². The number of hydrogen-bond acceptors (Lipinski definition) is 2. The Morgan fingerprint density at radius 3 is 2.00 bits per heavy atom. The first-order chi connectivity index (χ1) is 3.18. The second kappa shape index (κ2) is 4.85. The molecule has 48 valence electrons. The van der Waals surface area contributed by atoms with Crippen molar-refractivity contribution < 1.29 is 26.0 Å². The zero-order valence-corrected chi connectivity index (χ0v) is 5.83. The van der Waals surface area contributed by atoms with Crippen molar-refractivity contribution in [2.75, 3.05) is 7.11 Å². The molecular weight excluding hydrogens is 151 g/mol. The molecule has 8 heavy (non-hydrogen) atoms. The summed E-state index contributed by atoms with van der Waals surface area (Å²) in [5.41, 5.74) is 0.433. The van der Waals surface area contributed by atoms with Gasteiger partial charge in [-0.15, -0.1) is 0 Å². The van der Waals surface area contributed by atoms with Crippen LogP contribution in [-0.4, -0.2) is 13.1 Å². The van der Waals surface area contributed by atoms with E-state index < -0.39 is 0 Å². The minimum atomic E-state index is -0.347. The molecule has 0 aliphatic rings. The van der Waals surface area contributed by atoms with E-state index in [0.29, 0.717) is 5.57 Å². The first-order valence-corrected chi connectivity index (χ1v) is 1.92. The van der Waals surface area contributed by atoms with Gasteiger partial charge in [-0.25, -0.2) is 4.79 Å². The molecule has 3 heteroatoms. The maximum Gasteiger partial charge on any atom is 2.00 e. The maximum absolute atomic E-state index is 10.2. The second-order valence-corrected chi connectivity index (χ2v) is 1.27. The van der Waals surface area contributed by atoms with Gasteiger partial charge in [0.2, 0.25) is 0 Å². The summed E-state index contributed by atoms with van der Waals surface area (Å²) >= 11 is 0. The van der Waals surface area contributed by atoms with E-state index >= 15 is 0 Å². The van der Waals surface area contributed by atoms with Gasteiger partial charge >= 0.3 is 22.5 Å². The van der Waals surface area contributed by atoms with E-state index in [2.05, 4.69) is 11.3 Å². The molecule has 0 heterocycles. The van der Waals surface area contributed by atoms with Crippen molar-refractivity contribution in [1.29, 1.82) is 0 Å². The van der Waals surface area contributed by atoms with Gasteiger partial charge in [0.1, 0.15) is 0 Å². The smallest absolute Gasteiger partial charge is 0.466 e. The third kappa shape index (κ3) is 3.88. The molecule has 0 bridgehead atoms. The molecule has 0 radical (unpaired) electrons. The van der Waals surface area contributed by atoms with Gasteiger partial charge in [-0.3, -0.25) is 0 Å². The van der Waals surface area contributed by atoms with Crippen molar-refractivity contribution in [1.82, 2.24) is 0 Å². The average molecular weight is 159 g/mol. The molecule has 0 fully saturated rings. The number of methoxy groups -OCH3 is 1. The summed E-state index contributed by atoms with van der Waals surface area (Å²) in [5.74, 6) is -0.347. The van der Waals surface area contributed by atoms with Crippen LogP contribution in [0.5, 0.6) is 0 Å². The number of ether oxygens (including phenoxy) is 1. The Morgan fingerprint density at radius 1 is 1.62 bits per heavy atom. The Hall–Kier alpha value is -0.296. The SMILES string of the molecule is C=C(C)C(=O)OC.[Ni+2]. The van der Waals surface area contributed by atoms with Crippen molar-refractivity contribution in [2.24, 2.45) is 0 Å². The summed E-state index contributed by atoms with van der Waals surface area (Å²) in [6, 6.07) is 0. The Kier molecular flexibility index (Phi) is 6.46. The molecule has 0 saturated heterocycles. The van der Waals surface area contributed by atoms with Crippen LogP contribution in [0, 0.1) is 0 Å².